The molecule has 0 aliphatic heterocycles. The molecule has 0 bridgehead atoms. The quantitative estimate of drug-likeness (QED) is 0.720. The zero-order valence-corrected chi connectivity index (χ0v) is 12.8. The van der Waals surface area contributed by atoms with Crippen molar-refractivity contribution >= 4 is 21.7 Å². The Labute approximate surface area is 133 Å². The zero-order chi connectivity index (χ0) is 16.1. The lowest BCUT2D eigenvalue weighted by Crippen LogP contribution is -2.14. The lowest BCUT2D eigenvalue weighted by Gasteiger charge is -2.07. The highest BCUT2D eigenvalue weighted by Crippen LogP contribution is 2.14. The van der Waals surface area contributed by atoms with Gasteiger partial charge in [0.25, 0.3) is 10.0 Å². The van der Waals surface area contributed by atoms with Crippen molar-refractivity contribution in [2.24, 2.45) is 0 Å². The van der Waals surface area contributed by atoms with Crippen molar-refractivity contribution in [1.82, 2.24) is 10.2 Å². The van der Waals surface area contributed by atoms with Gasteiger partial charge in [-0.2, -0.15) is 0 Å². The number of rotatable bonds is 6. The summed E-state index contributed by atoms with van der Waals surface area (Å²) in [5, 5.41) is 10.8. The SMILES string of the molecule is O=S(=O)(Nc1ccc(NCc2ccco2)nn1)c1ccccc1. The Balaban J connectivity index is 1.65. The average Bonchev–Trinajstić information content (AvgIpc) is 3.08. The number of nitrogens with one attached hydrogen (secondary N) is 2. The Morgan fingerprint density at radius 2 is 1.65 bits per heavy atom. The summed E-state index contributed by atoms with van der Waals surface area (Å²) < 4.78 is 31.9. The van der Waals surface area contributed by atoms with Crippen LogP contribution in [0.4, 0.5) is 11.6 Å². The largest absolute Gasteiger partial charge is 0.467 e. The van der Waals surface area contributed by atoms with E-state index in [0.29, 0.717) is 12.4 Å². The summed E-state index contributed by atoms with van der Waals surface area (Å²) in [6.07, 6.45) is 1.59. The Morgan fingerprint density at radius 1 is 0.913 bits per heavy atom. The molecule has 0 saturated heterocycles. The number of furan rings is 1. The fourth-order valence-electron chi connectivity index (χ4n) is 1.87. The fourth-order valence-corrected chi connectivity index (χ4v) is 2.89. The van der Waals surface area contributed by atoms with Crippen LogP contribution in [0.15, 0.2) is 70.2 Å². The Bertz CT molecular complexity index is 848. The predicted molar refractivity (Wildman–Crippen MR) is 85.3 cm³/mol. The van der Waals surface area contributed by atoms with Gasteiger partial charge < -0.3 is 9.73 Å². The zero-order valence-electron chi connectivity index (χ0n) is 12.0. The molecule has 0 fully saturated rings. The number of hydrogen-bond acceptors (Lipinski definition) is 6. The molecular weight excluding hydrogens is 316 g/mol. The van der Waals surface area contributed by atoms with E-state index in [1.54, 1.807) is 36.6 Å². The molecule has 3 rings (SSSR count). The van der Waals surface area contributed by atoms with Gasteiger partial charge in [-0.05, 0) is 36.4 Å². The average molecular weight is 330 g/mol. The monoisotopic (exact) mass is 330 g/mol. The molecule has 7 nitrogen and oxygen atoms in total. The molecule has 0 atom stereocenters. The van der Waals surface area contributed by atoms with E-state index in [1.165, 1.54) is 18.2 Å². The van der Waals surface area contributed by atoms with Crippen molar-refractivity contribution < 1.29 is 12.8 Å². The summed E-state index contributed by atoms with van der Waals surface area (Å²) in [6, 6.07) is 14.9. The number of hydrogen-bond donors (Lipinski definition) is 2. The van der Waals surface area contributed by atoms with Crippen LogP contribution in [0.1, 0.15) is 5.76 Å². The molecular formula is C15H14N4O3S. The molecule has 8 heteroatoms. The fraction of sp³-hybridized carbons (Fsp3) is 0.0667. The van der Waals surface area contributed by atoms with Crippen LogP contribution < -0.4 is 10.0 Å². The standard InChI is InChI=1S/C15H14N4O3S/c20-23(21,13-6-2-1-3-7-13)19-15-9-8-14(17-18-15)16-11-12-5-4-10-22-12/h1-10H,11H2,(H,16,17)(H,18,19). The van der Waals surface area contributed by atoms with Crippen LogP contribution in [0.3, 0.4) is 0 Å². The molecule has 0 aliphatic carbocycles. The van der Waals surface area contributed by atoms with Gasteiger partial charge in [0.1, 0.15) is 11.6 Å². The summed E-state index contributed by atoms with van der Waals surface area (Å²) in [7, 11) is -3.66. The van der Waals surface area contributed by atoms with Crippen LogP contribution in [0.25, 0.3) is 0 Å². The van der Waals surface area contributed by atoms with Crippen molar-refractivity contribution in [1.29, 1.82) is 0 Å². The molecule has 118 valence electrons. The Kier molecular flexibility index (Phi) is 4.24. The van der Waals surface area contributed by atoms with Gasteiger partial charge in [0.2, 0.25) is 0 Å². The maximum atomic E-state index is 12.2. The number of aromatic nitrogens is 2. The predicted octanol–water partition coefficient (Wildman–Crippen LogP) is 2.48. The summed E-state index contributed by atoms with van der Waals surface area (Å²) in [5.74, 6) is 1.43. The third-order valence-corrected chi connectivity index (χ3v) is 4.35. The second-order valence-corrected chi connectivity index (χ2v) is 6.34. The minimum atomic E-state index is -3.66. The second-order valence-electron chi connectivity index (χ2n) is 4.66. The van der Waals surface area contributed by atoms with Gasteiger partial charge in [0.15, 0.2) is 5.82 Å². The van der Waals surface area contributed by atoms with E-state index in [0.717, 1.165) is 5.76 Å². The van der Waals surface area contributed by atoms with Gasteiger partial charge in [-0.25, -0.2) is 8.42 Å². The molecule has 3 aromatic rings. The van der Waals surface area contributed by atoms with E-state index in [4.69, 9.17) is 4.42 Å². The molecule has 0 radical (unpaired) electrons. The maximum absolute atomic E-state index is 12.2. The molecule has 1 aromatic carbocycles. The van der Waals surface area contributed by atoms with E-state index in [-0.39, 0.29) is 10.7 Å². The van der Waals surface area contributed by atoms with Crippen LogP contribution >= 0.6 is 0 Å². The van der Waals surface area contributed by atoms with Gasteiger partial charge in [0.05, 0.1) is 17.7 Å². The van der Waals surface area contributed by atoms with Crippen LogP contribution in [0, 0.1) is 0 Å². The highest BCUT2D eigenvalue weighted by atomic mass is 32.2. The first-order chi connectivity index (χ1) is 11.1. The summed E-state index contributed by atoms with van der Waals surface area (Å²) in [5.41, 5.74) is 0. The highest BCUT2D eigenvalue weighted by Gasteiger charge is 2.14. The third-order valence-electron chi connectivity index (χ3n) is 2.98. The Hall–Kier alpha value is -2.87. The molecule has 0 amide bonds. The van der Waals surface area contributed by atoms with E-state index >= 15 is 0 Å². The van der Waals surface area contributed by atoms with Crippen molar-refractivity contribution in [3.63, 3.8) is 0 Å². The third kappa shape index (κ3) is 3.86. The second kappa shape index (κ2) is 6.49. The lowest BCUT2D eigenvalue weighted by molar-refractivity contribution is 0.517. The van der Waals surface area contributed by atoms with E-state index in [1.807, 2.05) is 6.07 Å². The molecule has 0 spiro atoms. The van der Waals surface area contributed by atoms with Gasteiger partial charge in [-0.1, -0.05) is 18.2 Å². The smallest absolute Gasteiger partial charge is 0.263 e. The normalized spacial score (nSPS) is 11.1. The summed E-state index contributed by atoms with van der Waals surface area (Å²) in [6.45, 7) is 0.469. The van der Waals surface area contributed by atoms with Crippen molar-refractivity contribution in [2.75, 3.05) is 10.0 Å². The van der Waals surface area contributed by atoms with E-state index < -0.39 is 10.0 Å². The minimum absolute atomic E-state index is 0.150. The number of nitrogens with zero attached hydrogens (tertiary/aromatic N) is 2. The molecule has 23 heavy (non-hydrogen) atoms. The van der Waals surface area contributed by atoms with Gasteiger partial charge in [-0.15, -0.1) is 10.2 Å². The van der Waals surface area contributed by atoms with Crippen LogP contribution in [-0.2, 0) is 16.6 Å². The first kappa shape index (κ1) is 15.0. The minimum Gasteiger partial charge on any atom is -0.467 e. The number of anilines is 2. The van der Waals surface area contributed by atoms with Crippen LogP contribution in [-0.4, -0.2) is 18.6 Å². The van der Waals surface area contributed by atoms with E-state index in [9.17, 15) is 8.42 Å². The van der Waals surface area contributed by atoms with Crippen molar-refractivity contribution in [2.45, 2.75) is 11.4 Å². The van der Waals surface area contributed by atoms with Crippen molar-refractivity contribution in [3.05, 3.63) is 66.6 Å². The lowest BCUT2D eigenvalue weighted by atomic mass is 10.4. The van der Waals surface area contributed by atoms with Gasteiger partial charge in [-0.3, -0.25) is 4.72 Å². The molecule has 0 aliphatic rings. The van der Waals surface area contributed by atoms with Gasteiger partial charge >= 0.3 is 0 Å². The number of benzene rings is 1. The first-order valence-electron chi connectivity index (χ1n) is 6.81. The summed E-state index contributed by atoms with van der Waals surface area (Å²) >= 11 is 0. The Morgan fingerprint density at radius 3 is 2.30 bits per heavy atom. The molecule has 2 aromatic heterocycles. The molecule has 2 heterocycles. The van der Waals surface area contributed by atoms with Gasteiger partial charge in [0, 0.05) is 0 Å². The molecule has 0 unspecified atom stereocenters. The van der Waals surface area contributed by atoms with Crippen LogP contribution in [0.2, 0.25) is 0 Å². The maximum Gasteiger partial charge on any atom is 0.263 e. The molecule has 2 N–H and O–H groups in total. The first-order valence-corrected chi connectivity index (χ1v) is 8.30. The topological polar surface area (TPSA) is 97.1 Å². The highest BCUT2D eigenvalue weighted by molar-refractivity contribution is 7.92. The molecule has 0 saturated carbocycles. The van der Waals surface area contributed by atoms with E-state index in [2.05, 4.69) is 20.2 Å². The summed E-state index contributed by atoms with van der Waals surface area (Å²) in [4.78, 5) is 0.168. The van der Waals surface area contributed by atoms with Crippen molar-refractivity contribution in [3.8, 4) is 0 Å². The van der Waals surface area contributed by atoms with Crippen LogP contribution in [0.5, 0.6) is 0 Å². The number of sulfonamides is 1.